The fourth-order valence-corrected chi connectivity index (χ4v) is 3.03. The molecular formula is C19H18ClN5O2. The number of para-hydroxylation sites is 1. The molecule has 27 heavy (non-hydrogen) atoms. The highest BCUT2D eigenvalue weighted by molar-refractivity contribution is 6.30. The average Bonchev–Trinajstić information content (AvgIpc) is 3.16. The van der Waals surface area contributed by atoms with Crippen LogP contribution in [-0.2, 0) is 6.54 Å². The Kier molecular flexibility index (Phi) is 4.93. The summed E-state index contributed by atoms with van der Waals surface area (Å²) in [7, 11) is 0. The highest BCUT2D eigenvalue weighted by Gasteiger charge is 2.21. The Morgan fingerprint density at radius 3 is 2.89 bits per heavy atom. The number of rotatable bonds is 4. The van der Waals surface area contributed by atoms with Crippen molar-refractivity contribution in [2.24, 2.45) is 10.7 Å². The van der Waals surface area contributed by atoms with E-state index in [1.807, 2.05) is 36.4 Å². The van der Waals surface area contributed by atoms with Gasteiger partial charge in [0.05, 0.1) is 12.6 Å². The largest absolute Gasteiger partial charge is 0.493 e. The lowest BCUT2D eigenvalue weighted by atomic mass is 10.0. The Morgan fingerprint density at radius 2 is 2.04 bits per heavy atom. The van der Waals surface area contributed by atoms with Gasteiger partial charge in [0, 0.05) is 22.6 Å². The number of fused-ring (bicyclic) bond motifs is 1. The molecule has 1 aliphatic heterocycles. The Bertz CT molecular complexity index is 955. The second-order valence-electron chi connectivity index (χ2n) is 6.09. The van der Waals surface area contributed by atoms with Gasteiger partial charge in [0.2, 0.25) is 11.7 Å². The van der Waals surface area contributed by atoms with E-state index >= 15 is 0 Å². The molecule has 7 nitrogen and oxygen atoms in total. The number of guanidine groups is 1. The van der Waals surface area contributed by atoms with Crippen molar-refractivity contribution in [2.75, 3.05) is 6.61 Å². The lowest BCUT2D eigenvalue weighted by molar-refractivity contribution is 0.262. The van der Waals surface area contributed by atoms with Crippen LogP contribution in [0.1, 0.15) is 23.9 Å². The Morgan fingerprint density at radius 1 is 1.22 bits per heavy atom. The molecule has 3 N–H and O–H groups in total. The maximum atomic E-state index is 6.04. The summed E-state index contributed by atoms with van der Waals surface area (Å²) >= 11 is 5.89. The normalized spacial score (nSPS) is 16.5. The first-order valence-corrected chi connectivity index (χ1v) is 8.93. The van der Waals surface area contributed by atoms with Crippen molar-refractivity contribution in [2.45, 2.75) is 19.0 Å². The number of nitrogens with two attached hydrogens (primary N) is 1. The molecule has 138 valence electrons. The maximum absolute atomic E-state index is 6.04. The Labute approximate surface area is 161 Å². The minimum atomic E-state index is 0.0611. The van der Waals surface area contributed by atoms with Gasteiger partial charge >= 0.3 is 0 Å². The monoisotopic (exact) mass is 383 g/mol. The van der Waals surface area contributed by atoms with Crippen LogP contribution in [0.4, 0.5) is 0 Å². The zero-order chi connectivity index (χ0) is 18.6. The van der Waals surface area contributed by atoms with E-state index in [0.717, 1.165) is 23.3 Å². The van der Waals surface area contributed by atoms with Gasteiger partial charge in [0.1, 0.15) is 12.3 Å². The summed E-state index contributed by atoms with van der Waals surface area (Å²) < 4.78 is 10.9. The topological polar surface area (TPSA) is 98.6 Å². The van der Waals surface area contributed by atoms with Crippen LogP contribution in [0.15, 0.2) is 58.0 Å². The molecule has 1 aromatic heterocycles. The summed E-state index contributed by atoms with van der Waals surface area (Å²) in [5.41, 5.74) is 7.93. The van der Waals surface area contributed by atoms with Crippen molar-refractivity contribution in [3.05, 3.63) is 65.0 Å². The fourth-order valence-electron chi connectivity index (χ4n) is 2.90. The molecule has 8 heteroatoms. The molecule has 1 atom stereocenters. The van der Waals surface area contributed by atoms with E-state index in [1.54, 1.807) is 12.1 Å². The fraction of sp³-hybridized carbons (Fsp3) is 0.211. The van der Waals surface area contributed by atoms with E-state index < -0.39 is 0 Å². The summed E-state index contributed by atoms with van der Waals surface area (Å²) in [6, 6.07) is 15.2. The van der Waals surface area contributed by atoms with Gasteiger partial charge in [0.25, 0.3) is 0 Å². The third-order valence-corrected chi connectivity index (χ3v) is 4.49. The Hall–Kier alpha value is -3.06. The molecule has 2 aromatic carbocycles. The summed E-state index contributed by atoms with van der Waals surface area (Å²) in [6.45, 7) is 0.834. The molecule has 0 saturated heterocycles. The number of nitrogens with one attached hydrogen (secondary N) is 1. The standard InChI is InChI=1S/C19H18ClN5O2/c20-13-7-5-12(6-8-13)18-24-17(27-25-18)11-22-19(21)23-15-9-10-26-16-4-2-1-3-14(15)16/h1-8,15H,9-11H2,(H3,21,22,23). The maximum Gasteiger partial charge on any atom is 0.248 e. The van der Waals surface area contributed by atoms with E-state index in [-0.39, 0.29) is 12.6 Å². The molecule has 0 fully saturated rings. The van der Waals surface area contributed by atoms with Gasteiger partial charge in [-0.2, -0.15) is 4.98 Å². The van der Waals surface area contributed by atoms with Crippen molar-refractivity contribution < 1.29 is 9.26 Å². The van der Waals surface area contributed by atoms with Crippen LogP contribution in [0.2, 0.25) is 5.02 Å². The van der Waals surface area contributed by atoms with Crippen molar-refractivity contribution in [1.82, 2.24) is 15.5 Å². The first kappa shape index (κ1) is 17.4. The van der Waals surface area contributed by atoms with Crippen LogP contribution < -0.4 is 15.8 Å². The van der Waals surface area contributed by atoms with Crippen LogP contribution in [0, 0.1) is 0 Å². The van der Waals surface area contributed by atoms with Crippen molar-refractivity contribution in [3.63, 3.8) is 0 Å². The number of benzene rings is 2. The highest BCUT2D eigenvalue weighted by Crippen LogP contribution is 2.31. The van der Waals surface area contributed by atoms with Gasteiger partial charge < -0.3 is 20.3 Å². The predicted octanol–water partition coefficient (Wildman–Crippen LogP) is 3.32. The minimum Gasteiger partial charge on any atom is -0.493 e. The number of hydrogen-bond donors (Lipinski definition) is 2. The summed E-state index contributed by atoms with van der Waals surface area (Å²) in [5.74, 6) is 2.07. The molecule has 0 saturated carbocycles. The molecule has 1 unspecified atom stereocenters. The molecule has 4 rings (SSSR count). The van der Waals surface area contributed by atoms with Crippen molar-refractivity contribution in [1.29, 1.82) is 0 Å². The van der Waals surface area contributed by atoms with Crippen molar-refractivity contribution >= 4 is 17.6 Å². The predicted molar refractivity (Wildman–Crippen MR) is 103 cm³/mol. The number of aromatic nitrogens is 2. The van der Waals surface area contributed by atoms with E-state index in [4.69, 9.17) is 26.6 Å². The molecule has 0 aliphatic carbocycles. The van der Waals surface area contributed by atoms with Gasteiger partial charge in [-0.3, -0.25) is 0 Å². The molecule has 1 aliphatic rings. The SMILES string of the molecule is NC(=NCc1nc(-c2ccc(Cl)cc2)no1)NC1CCOc2ccccc21. The lowest BCUT2D eigenvalue weighted by Crippen LogP contribution is -2.37. The second-order valence-corrected chi connectivity index (χ2v) is 6.53. The molecule has 0 radical (unpaired) electrons. The van der Waals surface area contributed by atoms with E-state index in [0.29, 0.717) is 29.3 Å². The van der Waals surface area contributed by atoms with E-state index in [2.05, 4.69) is 20.4 Å². The van der Waals surface area contributed by atoms with Gasteiger partial charge in [-0.15, -0.1) is 0 Å². The smallest absolute Gasteiger partial charge is 0.248 e. The number of halogens is 1. The molecule has 0 bridgehead atoms. The lowest BCUT2D eigenvalue weighted by Gasteiger charge is -2.26. The van der Waals surface area contributed by atoms with Crippen LogP contribution in [-0.4, -0.2) is 22.7 Å². The summed E-state index contributed by atoms with van der Waals surface area (Å²) in [6.07, 6.45) is 0.814. The van der Waals surface area contributed by atoms with E-state index in [9.17, 15) is 0 Å². The zero-order valence-electron chi connectivity index (χ0n) is 14.4. The van der Waals surface area contributed by atoms with Crippen molar-refractivity contribution in [3.8, 4) is 17.1 Å². The average molecular weight is 384 g/mol. The Balaban J connectivity index is 1.41. The van der Waals surface area contributed by atoms with Crippen LogP contribution in [0.25, 0.3) is 11.4 Å². The molecule has 0 amide bonds. The second kappa shape index (κ2) is 7.67. The minimum absolute atomic E-state index is 0.0611. The molecule has 2 heterocycles. The van der Waals surface area contributed by atoms with Crippen LogP contribution in [0.5, 0.6) is 5.75 Å². The third kappa shape index (κ3) is 4.03. The van der Waals surface area contributed by atoms with Gasteiger partial charge in [-0.05, 0) is 30.3 Å². The zero-order valence-corrected chi connectivity index (χ0v) is 15.2. The first-order chi connectivity index (χ1) is 13.2. The van der Waals surface area contributed by atoms with Crippen LogP contribution in [0.3, 0.4) is 0 Å². The molecule has 3 aromatic rings. The summed E-state index contributed by atoms with van der Waals surface area (Å²) in [4.78, 5) is 8.64. The third-order valence-electron chi connectivity index (χ3n) is 4.24. The van der Waals surface area contributed by atoms with E-state index in [1.165, 1.54) is 0 Å². The summed E-state index contributed by atoms with van der Waals surface area (Å²) in [5, 5.41) is 7.85. The number of hydrogen-bond acceptors (Lipinski definition) is 5. The first-order valence-electron chi connectivity index (χ1n) is 8.56. The number of ether oxygens (including phenoxy) is 1. The molecular weight excluding hydrogens is 366 g/mol. The molecule has 0 spiro atoms. The number of nitrogens with zero attached hydrogens (tertiary/aromatic N) is 3. The quantitative estimate of drug-likeness (QED) is 0.529. The van der Waals surface area contributed by atoms with Gasteiger partial charge in [-0.1, -0.05) is 35.0 Å². The number of aliphatic imine (C=N–C) groups is 1. The van der Waals surface area contributed by atoms with Crippen LogP contribution >= 0.6 is 11.6 Å². The van der Waals surface area contributed by atoms with Gasteiger partial charge in [0.15, 0.2) is 5.96 Å². The van der Waals surface area contributed by atoms with Gasteiger partial charge in [-0.25, -0.2) is 4.99 Å². The highest BCUT2D eigenvalue weighted by atomic mass is 35.5.